The Bertz CT molecular complexity index is 994. The summed E-state index contributed by atoms with van der Waals surface area (Å²) in [6, 6.07) is 17.9. The normalized spacial score (nSPS) is 12.4. The van der Waals surface area contributed by atoms with Gasteiger partial charge in [0.1, 0.15) is 16.6 Å². The molecule has 0 saturated carbocycles. The molecule has 0 fully saturated rings. The molecule has 0 radical (unpaired) electrons. The van der Waals surface area contributed by atoms with Gasteiger partial charge in [-0.05, 0) is 42.7 Å². The van der Waals surface area contributed by atoms with Crippen LogP contribution in [-0.4, -0.2) is 17.9 Å². The Morgan fingerprint density at radius 3 is 2.69 bits per heavy atom. The van der Waals surface area contributed by atoms with Crippen molar-refractivity contribution in [2.24, 2.45) is 16.5 Å². The highest BCUT2D eigenvalue weighted by molar-refractivity contribution is 7.99. The van der Waals surface area contributed by atoms with Gasteiger partial charge in [0, 0.05) is 16.0 Å². The number of nitrogens with two attached hydrogens (primary N) is 2. The molecule has 1 heterocycles. The molecule has 6 heteroatoms. The number of fused-ring (bicyclic) bond motifs is 1. The van der Waals surface area contributed by atoms with Gasteiger partial charge in [0.25, 0.3) is 0 Å². The van der Waals surface area contributed by atoms with E-state index in [1.54, 1.807) is 31.9 Å². The molecule has 0 atom stereocenters. The summed E-state index contributed by atoms with van der Waals surface area (Å²) >= 11 is 1.56. The van der Waals surface area contributed by atoms with Crippen LogP contribution < -0.4 is 16.2 Å². The molecular weight excluding hydrogens is 344 g/mol. The van der Waals surface area contributed by atoms with Crippen LogP contribution in [0.1, 0.15) is 6.92 Å². The lowest BCUT2D eigenvalue weighted by Crippen LogP contribution is -2.10. The number of methoxy groups -OCH3 is 1. The molecule has 4 N–H and O–H groups in total. The van der Waals surface area contributed by atoms with Crippen LogP contribution in [0, 0.1) is 0 Å². The zero-order valence-corrected chi connectivity index (χ0v) is 15.5. The summed E-state index contributed by atoms with van der Waals surface area (Å²) in [4.78, 5) is 10.1. The van der Waals surface area contributed by atoms with Gasteiger partial charge in [0.2, 0.25) is 0 Å². The average Bonchev–Trinajstić information content (AvgIpc) is 2.61. The van der Waals surface area contributed by atoms with E-state index in [2.05, 4.69) is 9.98 Å². The van der Waals surface area contributed by atoms with E-state index in [0.29, 0.717) is 17.4 Å². The molecule has 1 aromatic heterocycles. The van der Waals surface area contributed by atoms with Crippen molar-refractivity contribution < 1.29 is 4.74 Å². The molecular formula is C20H20N4OS. The predicted octanol–water partition coefficient (Wildman–Crippen LogP) is 4.25. The SMILES string of the molecule is COc1cccc(Sc2nc(/N=C(N)\C=C(\C)N)cc3ccccc23)c1. The molecule has 3 rings (SSSR count). The zero-order valence-electron chi connectivity index (χ0n) is 14.6. The highest BCUT2D eigenvalue weighted by Crippen LogP contribution is 2.35. The van der Waals surface area contributed by atoms with Crippen LogP contribution in [-0.2, 0) is 0 Å². The minimum atomic E-state index is 0.324. The number of hydrogen-bond acceptors (Lipinski definition) is 5. The second-order valence-corrected chi connectivity index (χ2v) is 6.78. The molecule has 2 aromatic carbocycles. The monoisotopic (exact) mass is 364 g/mol. The Hall–Kier alpha value is -2.99. The molecule has 0 unspecified atom stereocenters. The summed E-state index contributed by atoms with van der Waals surface area (Å²) in [5.74, 6) is 1.68. The molecule has 0 aliphatic carbocycles. The van der Waals surface area contributed by atoms with E-state index in [1.165, 1.54) is 0 Å². The van der Waals surface area contributed by atoms with Crippen LogP contribution in [0.4, 0.5) is 5.82 Å². The Kier molecular flexibility index (Phi) is 5.43. The number of benzene rings is 2. The number of pyridine rings is 1. The Labute approximate surface area is 156 Å². The second-order valence-electron chi connectivity index (χ2n) is 5.71. The van der Waals surface area contributed by atoms with Gasteiger partial charge in [-0.1, -0.05) is 42.1 Å². The van der Waals surface area contributed by atoms with Gasteiger partial charge >= 0.3 is 0 Å². The van der Waals surface area contributed by atoms with Gasteiger partial charge in [-0.2, -0.15) is 0 Å². The van der Waals surface area contributed by atoms with Crippen molar-refractivity contribution in [1.82, 2.24) is 4.98 Å². The van der Waals surface area contributed by atoms with Crippen LogP contribution in [0.25, 0.3) is 10.8 Å². The summed E-state index contributed by atoms with van der Waals surface area (Å²) < 4.78 is 5.30. The first-order valence-corrected chi connectivity index (χ1v) is 8.86. The third-order valence-electron chi connectivity index (χ3n) is 3.57. The van der Waals surface area contributed by atoms with Gasteiger partial charge < -0.3 is 16.2 Å². The van der Waals surface area contributed by atoms with Gasteiger partial charge in [-0.3, -0.25) is 0 Å². The fraction of sp³-hybridized carbons (Fsp3) is 0.100. The maximum absolute atomic E-state index is 5.92. The number of aromatic nitrogens is 1. The van der Waals surface area contributed by atoms with Crippen molar-refractivity contribution >= 4 is 34.2 Å². The summed E-state index contributed by atoms with van der Waals surface area (Å²) in [7, 11) is 1.66. The highest BCUT2D eigenvalue weighted by atomic mass is 32.2. The molecule has 0 spiro atoms. The maximum Gasteiger partial charge on any atom is 0.156 e. The molecule has 0 amide bonds. The standard InChI is InChI=1S/C20H20N4OS/c1-13(21)10-18(22)23-19-11-14-6-3-4-9-17(14)20(24-19)26-16-8-5-7-15(12-16)25-2/h3-12H,21H2,1-2H3,(H2,22,23,24)/b13-10-. The van der Waals surface area contributed by atoms with E-state index in [9.17, 15) is 0 Å². The molecule has 0 bridgehead atoms. The summed E-state index contributed by atoms with van der Waals surface area (Å²) in [5.41, 5.74) is 12.2. The van der Waals surface area contributed by atoms with Crippen LogP contribution in [0.5, 0.6) is 5.75 Å². The van der Waals surface area contributed by atoms with Crippen molar-refractivity contribution in [1.29, 1.82) is 0 Å². The molecule has 0 aliphatic rings. The minimum Gasteiger partial charge on any atom is -0.497 e. The van der Waals surface area contributed by atoms with Crippen molar-refractivity contribution in [2.45, 2.75) is 16.8 Å². The average molecular weight is 364 g/mol. The minimum absolute atomic E-state index is 0.324. The summed E-state index contributed by atoms with van der Waals surface area (Å²) in [6.45, 7) is 1.76. The molecule has 0 saturated heterocycles. The molecule has 5 nitrogen and oxygen atoms in total. The highest BCUT2D eigenvalue weighted by Gasteiger charge is 2.08. The zero-order chi connectivity index (χ0) is 18.5. The van der Waals surface area contributed by atoms with E-state index in [1.807, 2.05) is 54.6 Å². The maximum atomic E-state index is 5.92. The number of amidine groups is 1. The van der Waals surface area contributed by atoms with Crippen molar-refractivity contribution in [3.05, 3.63) is 66.4 Å². The first-order valence-electron chi connectivity index (χ1n) is 8.05. The topological polar surface area (TPSA) is 86.5 Å². The number of aliphatic imine (C=N–C) groups is 1. The number of hydrogen-bond donors (Lipinski definition) is 2. The second kappa shape index (κ2) is 7.93. The first kappa shape index (κ1) is 17.8. The van der Waals surface area contributed by atoms with Gasteiger partial charge in [-0.25, -0.2) is 9.98 Å². The third-order valence-corrected chi connectivity index (χ3v) is 4.56. The smallest absolute Gasteiger partial charge is 0.156 e. The quantitative estimate of drug-likeness (QED) is 0.522. The van der Waals surface area contributed by atoms with E-state index in [0.717, 1.165) is 26.4 Å². The predicted molar refractivity (Wildman–Crippen MR) is 108 cm³/mol. The summed E-state index contributed by atoms with van der Waals surface area (Å²) in [6.07, 6.45) is 1.62. The summed E-state index contributed by atoms with van der Waals surface area (Å²) in [5, 5.41) is 2.97. The molecule has 26 heavy (non-hydrogen) atoms. The van der Waals surface area contributed by atoms with Crippen LogP contribution in [0.15, 0.2) is 81.3 Å². The van der Waals surface area contributed by atoms with E-state index in [-0.39, 0.29) is 0 Å². The fourth-order valence-corrected chi connectivity index (χ4v) is 3.44. The van der Waals surface area contributed by atoms with Crippen molar-refractivity contribution in [3.63, 3.8) is 0 Å². The van der Waals surface area contributed by atoms with Crippen LogP contribution in [0.2, 0.25) is 0 Å². The van der Waals surface area contributed by atoms with Crippen LogP contribution in [0.3, 0.4) is 0 Å². The van der Waals surface area contributed by atoms with E-state index >= 15 is 0 Å². The number of ether oxygens (including phenoxy) is 1. The third kappa shape index (κ3) is 4.34. The molecule has 3 aromatic rings. The largest absolute Gasteiger partial charge is 0.497 e. The Morgan fingerprint density at radius 1 is 1.12 bits per heavy atom. The lowest BCUT2D eigenvalue weighted by atomic mass is 10.2. The van der Waals surface area contributed by atoms with Gasteiger partial charge in [0.15, 0.2) is 5.82 Å². The van der Waals surface area contributed by atoms with Crippen molar-refractivity contribution in [3.8, 4) is 5.75 Å². The lowest BCUT2D eigenvalue weighted by molar-refractivity contribution is 0.413. The number of rotatable bonds is 5. The molecule has 132 valence electrons. The van der Waals surface area contributed by atoms with Crippen molar-refractivity contribution in [2.75, 3.05) is 7.11 Å². The van der Waals surface area contributed by atoms with E-state index in [4.69, 9.17) is 16.2 Å². The van der Waals surface area contributed by atoms with Crippen LogP contribution >= 0.6 is 11.8 Å². The Balaban J connectivity index is 2.06. The van der Waals surface area contributed by atoms with Gasteiger partial charge in [-0.15, -0.1) is 0 Å². The Morgan fingerprint density at radius 2 is 1.92 bits per heavy atom. The lowest BCUT2D eigenvalue weighted by Gasteiger charge is -2.08. The first-order chi connectivity index (χ1) is 12.5. The number of nitrogens with zero attached hydrogens (tertiary/aromatic N) is 2. The van der Waals surface area contributed by atoms with Gasteiger partial charge in [0.05, 0.1) is 7.11 Å². The molecule has 0 aliphatic heterocycles. The number of allylic oxidation sites excluding steroid dienone is 1. The van der Waals surface area contributed by atoms with E-state index < -0.39 is 0 Å². The fourth-order valence-electron chi connectivity index (χ4n) is 2.46.